The molecule has 1 N–H and O–H groups in total. The van der Waals surface area contributed by atoms with E-state index in [2.05, 4.69) is 9.71 Å². The molecule has 0 aliphatic rings. The van der Waals surface area contributed by atoms with E-state index in [0.29, 0.717) is 11.4 Å². The molecule has 118 valence electrons. The molecule has 2 aromatic rings. The molecular formula is C16H20N2O3S. The van der Waals surface area contributed by atoms with E-state index in [0.717, 1.165) is 0 Å². The van der Waals surface area contributed by atoms with Gasteiger partial charge in [-0.3, -0.25) is 4.98 Å². The van der Waals surface area contributed by atoms with E-state index >= 15 is 0 Å². The number of ether oxygens (including phenoxy) is 1. The van der Waals surface area contributed by atoms with Crippen molar-refractivity contribution in [2.45, 2.75) is 37.8 Å². The zero-order valence-corrected chi connectivity index (χ0v) is 13.7. The summed E-state index contributed by atoms with van der Waals surface area (Å²) in [5.74, 6) is 0.645. The molecule has 22 heavy (non-hydrogen) atoms. The number of rotatable bonds is 6. The largest absolute Gasteiger partial charge is 0.491 e. The van der Waals surface area contributed by atoms with Crippen LogP contribution in [0.25, 0.3) is 0 Å². The van der Waals surface area contributed by atoms with Crippen LogP contribution in [0, 0.1) is 0 Å². The molecule has 1 heterocycles. The fourth-order valence-corrected chi connectivity index (χ4v) is 3.18. The van der Waals surface area contributed by atoms with Gasteiger partial charge in [-0.2, -0.15) is 0 Å². The molecule has 0 saturated carbocycles. The fourth-order valence-electron chi connectivity index (χ4n) is 1.96. The lowest BCUT2D eigenvalue weighted by Crippen LogP contribution is -2.27. The van der Waals surface area contributed by atoms with Crippen molar-refractivity contribution in [3.8, 4) is 5.75 Å². The van der Waals surface area contributed by atoms with Crippen molar-refractivity contribution in [1.82, 2.24) is 9.71 Å². The summed E-state index contributed by atoms with van der Waals surface area (Å²) in [4.78, 5) is 4.36. The molecule has 6 heteroatoms. The number of nitrogens with one attached hydrogen (secondary N) is 1. The van der Waals surface area contributed by atoms with Crippen molar-refractivity contribution in [1.29, 1.82) is 0 Å². The second kappa shape index (κ2) is 6.89. The van der Waals surface area contributed by atoms with Crippen LogP contribution in [-0.2, 0) is 10.0 Å². The van der Waals surface area contributed by atoms with E-state index in [-0.39, 0.29) is 11.0 Å². The van der Waals surface area contributed by atoms with Crippen LogP contribution < -0.4 is 9.46 Å². The monoisotopic (exact) mass is 320 g/mol. The van der Waals surface area contributed by atoms with Crippen LogP contribution in [0.15, 0.2) is 53.6 Å². The Morgan fingerprint density at radius 3 is 2.27 bits per heavy atom. The van der Waals surface area contributed by atoms with Gasteiger partial charge in [-0.05, 0) is 57.2 Å². The maximum absolute atomic E-state index is 12.4. The molecule has 5 nitrogen and oxygen atoms in total. The number of hydrogen-bond acceptors (Lipinski definition) is 4. The van der Waals surface area contributed by atoms with Gasteiger partial charge in [0.15, 0.2) is 0 Å². The van der Waals surface area contributed by atoms with E-state index < -0.39 is 16.1 Å². The van der Waals surface area contributed by atoms with E-state index in [1.54, 1.807) is 37.4 Å². The maximum atomic E-state index is 12.4. The van der Waals surface area contributed by atoms with Crippen molar-refractivity contribution in [2.24, 2.45) is 0 Å². The lowest BCUT2D eigenvalue weighted by atomic mass is 10.2. The summed E-state index contributed by atoms with van der Waals surface area (Å²) in [5.41, 5.74) is 0.672. The van der Waals surface area contributed by atoms with Crippen molar-refractivity contribution in [3.05, 3.63) is 54.4 Å². The summed E-state index contributed by atoms with van der Waals surface area (Å²) in [6, 6.07) is 11.4. The summed E-state index contributed by atoms with van der Waals surface area (Å²) in [5, 5.41) is 0. The number of aromatic nitrogens is 1. The Balaban J connectivity index is 2.13. The predicted octanol–water partition coefficient (Wildman–Crippen LogP) is 2.91. The van der Waals surface area contributed by atoms with Gasteiger partial charge in [-0.15, -0.1) is 0 Å². The molecule has 1 aromatic heterocycles. The topological polar surface area (TPSA) is 68.3 Å². The maximum Gasteiger partial charge on any atom is 0.241 e. The molecule has 2 rings (SSSR count). The van der Waals surface area contributed by atoms with Crippen LogP contribution in [0.2, 0.25) is 0 Å². The molecule has 0 aliphatic carbocycles. The van der Waals surface area contributed by atoms with Gasteiger partial charge in [0.1, 0.15) is 5.75 Å². The molecule has 1 aromatic carbocycles. The zero-order chi connectivity index (χ0) is 16.2. The second-order valence-corrected chi connectivity index (χ2v) is 6.95. The average molecular weight is 320 g/mol. The van der Waals surface area contributed by atoms with E-state index in [1.807, 2.05) is 19.9 Å². The quantitative estimate of drug-likeness (QED) is 0.888. The van der Waals surface area contributed by atoms with Crippen LogP contribution in [0.1, 0.15) is 32.5 Å². The Kier molecular flexibility index (Phi) is 5.15. The van der Waals surface area contributed by atoms with E-state index in [1.165, 1.54) is 12.1 Å². The smallest absolute Gasteiger partial charge is 0.241 e. The first kappa shape index (κ1) is 16.5. The third-order valence-electron chi connectivity index (χ3n) is 2.97. The summed E-state index contributed by atoms with van der Waals surface area (Å²) < 4.78 is 32.9. The van der Waals surface area contributed by atoms with Crippen LogP contribution in [-0.4, -0.2) is 19.5 Å². The number of nitrogens with zero attached hydrogens (tertiary/aromatic N) is 1. The minimum atomic E-state index is -3.60. The van der Waals surface area contributed by atoms with Crippen LogP contribution in [0.5, 0.6) is 5.75 Å². The SMILES string of the molecule is CC(C)Oc1ccc(S(=O)(=O)NC(C)c2ccccn2)cc1. The zero-order valence-electron chi connectivity index (χ0n) is 12.9. The fraction of sp³-hybridized carbons (Fsp3) is 0.312. The Bertz CT molecular complexity index is 698. The number of pyridine rings is 1. The third-order valence-corrected chi connectivity index (χ3v) is 4.53. The highest BCUT2D eigenvalue weighted by atomic mass is 32.2. The molecule has 0 bridgehead atoms. The molecule has 0 spiro atoms. The second-order valence-electron chi connectivity index (χ2n) is 5.24. The summed E-state index contributed by atoms with van der Waals surface area (Å²) >= 11 is 0. The van der Waals surface area contributed by atoms with Gasteiger partial charge in [0.05, 0.1) is 22.7 Å². The molecular weight excluding hydrogens is 300 g/mol. The minimum Gasteiger partial charge on any atom is -0.491 e. The molecule has 0 aliphatic heterocycles. The average Bonchev–Trinajstić information content (AvgIpc) is 2.47. The highest BCUT2D eigenvalue weighted by Gasteiger charge is 2.19. The normalized spacial score (nSPS) is 13.1. The van der Waals surface area contributed by atoms with E-state index in [9.17, 15) is 8.42 Å². The van der Waals surface area contributed by atoms with Gasteiger partial charge < -0.3 is 4.74 Å². The Morgan fingerprint density at radius 1 is 1.05 bits per heavy atom. The first-order valence-electron chi connectivity index (χ1n) is 7.08. The van der Waals surface area contributed by atoms with Gasteiger partial charge in [0, 0.05) is 6.20 Å². The van der Waals surface area contributed by atoms with Gasteiger partial charge >= 0.3 is 0 Å². The van der Waals surface area contributed by atoms with Gasteiger partial charge in [-0.1, -0.05) is 6.07 Å². The Hall–Kier alpha value is -1.92. The number of sulfonamides is 1. The van der Waals surface area contributed by atoms with Gasteiger partial charge in [-0.25, -0.2) is 13.1 Å². The first-order valence-corrected chi connectivity index (χ1v) is 8.57. The van der Waals surface area contributed by atoms with Crippen molar-refractivity contribution in [3.63, 3.8) is 0 Å². The van der Waals surface area contributed by atoms with Crippen LogP contribution in [0.4, 0.5) is 0 Å². The molecule has 1 unspecified atom stereocenters. The lowest BCUT2D eigenvalue weighted by molar-refractivity contribution is 0.242. The molecule has 0 radical (unpaired) electrons. The van der Waals surface area contributed by atoms with Crippen molar-refractivity contribution in [2.75, 3.05) is 0 Å². The van der Waals surface area contributed by atoms with Gasteiger partial charge in [0.25, 0.3) is 0 Å². The Morgan fingerprint density at radius 2 is 1.73 bits per heavy atom. The molecule has 0 amide bonds. The number of hydrogen-bond donors (Lipinski definition) is 1. The summed E-state index contributed by atoms with van der Waals surface area (Å²) in [6.07, 6.45) is 1.68. The Labute approximate surface area is 131 Å². The summed E-state index contributed by atoms with van der Waals surface area (Å²) in [7, 11) is -3.60. The summed E-state index contributed by atoms with van der Waals surface area (Å²) in [6.45, 7) is 5.59. The lowest BCUT2D eigenvalue weighted by Gasteiger charge is -2.14. The van der Waals surface area contributed by atoms with E-state index in [4.69, 9.17) is 4.74 Å². The highest BCUT2D eigenvalue weighted by molar-refractivity contribution is 7.89. The molecule has 0 saturated heterocycles. The minimum absolute atomic E-state index is 0.0461. The predicted molar refractivity (Wildman–Crippen MR) is 85.2 cm³/mol. The molecule has 0 fully saturated rings. The van der Waals surface area contributed by atoms with Crippen molar-refractivity contribution < 1.29 is 13.2 Å². The number of benzene rings is 1. The standard InChI is InChI=1S/C16H20N2O3S/c1-12(2)21-14-7-9-15(10-8-14)22(19,20)18-13(3)16-6-4-5-11-17-16/h4-13,18H,1-3H3. The van der Waals surface area contributed by atoms with Crippen LogP contribution in [0.3, 0.4) is 0 Å². The van der Waals surface area contributed by atoms with Crippen LogP contribution >= 0.6 is 0 Å². The first-order chi connectivity index (χ1) is 10.4. The van der Waals surface area contributed by atoms with Crippen molar-refractivity contribution >= 4 is 10.0 Å². The highest BCUT2D eigenvalue weighted by Crippen LogP contribution is 2.19. The molecule has 1 atom stereocenters. The third kappa shape index (κ3) is 4.29. The van der Waals surface area contributed by atoms with Gasteiger partial charge in [0.2, 0.25) is 10.0 Å².